The van der Waals surface area contributed by atoms with Crippen LogP contribution in [-0.2, 0) is 20.9 Å². The van der Waals surface area contributed by atoms with Crippen LogP contribution in [0.15, 0.2) is 46.9 Å². The summed E-state index contributed by atoms with van der Waals surface area (Å²) < 4.78 is 24.3. The molecule has 1 aromatic heterocycles. The molecule has 0 aliphatic carbocycles. The van der Waals surface area contributed by atoms with Crippen molar-refractivity contribution in [2.45, 2.75) is 19.6 Å². The monoisotopic (exact) mass is 457 g/mol. The second kappa shape index (κ2) is 8.80. The van der Waals surface area contributed by atoms with Crippen LogP contribution in [0.3, 0.4) is 0 Å². The number of hydrogen-bond acceptors (Lipinski definition) is 4. The van der Waals surface area contributed by atoms with Gasteiger partial charge < -0.3 is 14.1 Å². The third kappa shape index (κ3) is 6.00. The highest BCUT2D eigenvalue weighted by atomic mass is 127. The predicted octanol–water partition coefficient (Wildman–Crippen LogP) is 3.63. The highest BCUT2D eigenvalue weighted by molar-refractivity contribution is 14.1. The van der Waals surface area contributed by atoms with Crippen molar-refractivity contribution in [2.24, 2.45) is 0 Å². The number of nitrogens with zero attached hydrogens (tertiary/aromatic N) is 1. The number of ether oxygens (including phenoxy) is 1. The summed E-state index contributed by atoms with van der Waals surface area (Å²) >= 11 is 2.01. The molecule has 0 aliphatic heterocycles. The number of benzene rings is 1. The molecule has 0 saturated heterocycles. The van der Waals surface area contributed by atoms with Crippen LogP contribution in [0.25, 0.3) is 6.08 Å². The molecule has 0 fully saturated rings. The van der Waals surface area contributed by atoms with Crippen LogP contribution >= 0.6 is 22.6 Å². The van der Waals surface area contributed by atoms with Gasteiger partial charge in [-0.1, -0.05) is 12.1 Å². The lowest BCUT2D eigenvalue weighted by Gasteiger charge is -2.21. The summed E-state index contributed by atoms with van der Waals surface area (Å²) in [5, 5.41) is 0. The van der Waals surface area contributed by atoms with Gasteiger partial charge in [0.15, 0.2) is 9.87 Å². The van der Waals surface area contributed by atoms with Gasteiger partial charge in [0.25, 0.3) is 5.91 Å². The number of carbonyl (C=O) groups is 2. The zero-order valence-corrected chi connectivity index (χ0v) is 15.9. The molecule has 2 aromatic rings. The molecule has 0 spiro atoms. The molecule has 1 aromatic carbocycles. The smallest absolute Gasteiger partial charge is 0.331 e. The maximum Gasteiger partial charge on any atom is 0.331 e. The Labute approximate surface area is 158 Å². The van der Waals surface area contributed by atoms with Crippen molar-refractivity contribution in [1.82, 2.24) is 4.90 Å². The van der Waals surface area contributed by atoms with Gasteiger partial charge in [0.05, 0.1) is 0 Å². The lowest BCUT2D eigenvalue weighted by molar-refractivity contribution is -0.154. The van der Waals surface area contributed by atoms with E-state index in [-0.39, 0.29) is 18.3 Å². The van der Waals surface area contributed by atoms with Gasteiger partial charge in [0.1, 0.15) is 11.6 Å². The SMILES string of the molecule is CC(OC(=O)/C=C/c1ccc(I)o1)C(=O)N(C)Cc1cccc(F)c1. The van der Waals surface area contributed by atoms with Crippen LogP contribution in [-0.4, -0.2) is 29.9 Å². The van der Waals surface area contributed by atoms with Gasteiger partial charge in [-0.25, -0.2) is 9.18 Å². The van der Waals surface area contributed by atoms with E-state index < -0.39 is 12.1 Å². The molecule has 7 heteroatoms. The first-order valence-electron chi connectivity index (χ1n) is 7.48. The van der Waals surface area contributed by atoms with E-state index in [1.807, 2.05) is 22.6 Å². The van der Waals surface area contributed by atoms with Gasteiger partial charge in [-0.3, -0.25) is 4.79 Å². The fourth-order valence-electron chi connectivity index (χ4n) is 2.13. The first kappa shape index (κ1) is 19.2. The van der Waals surface area contributed by atoms with Crippen LogP contribution in [0.5, 0.6) is 0 Å². The molecule has 1 heterocycles. The van der Waals surface area contributed by atoms with E-state index in [2.05, 4.69) is 0 Å². The number of furan rings is 1. The number of carbonyl (C=O) groups excluding carboxylic acids is 2. The van der Waals surface area contributed by atoms with Crippen LogP contribution in [0.4, 0.5) is 4.39 Å². The van der Waals surface area contributed by atoms with E-state index in [0.717, 1.165) is 0 Å². The molecule has 0 aliphatic rings. The van der Waals surface area contributed by atoms with E-state index in [1.54, 1.807) is 31.3 Å². The van der Waals surface area contributed by atoms with Gasteiger partial charge in [-0.05, 0) is 65.4 Å². The normalized spacial score (nSPS) is 12.2. The van der Waals surface area contributed by atoms with Gasteiger partial charge in [0, 0.05) is 19.7 Å². The van der Waals surface area contributed by atoms with Crippen LogP contribution in [0.1, 0.15) is 18.2 Å². The molecule has 25 heavy (non-hydrogen) atoms. The summed E-state index contributed by atoms with van der Waals surface area (Å²) in [6, 6.07) is 9.46. The van der Waals surface area contributed by atoms with E-state index in [4.69, 9.17) is 9.15 Å². The summed E-state index contributed by atoms with van der Waals surface area (Å²) in [7, 11) is 1.57. The minimum absolute atomic E-state index is 0.221. The fraction of sp³-hybridized carbons (Fsp3) is 0.222. The molecule has 2 rings (SSSR count). The lowest BCUT2D eigenvalue weighted by Crippen LogP contribution is -2.36. The summed E-state index contributed by atoms with van der Waals surface area (Å²) in [6.07, 6.45) is 1.72. The Morgan fingerprint density at radius 1 is 1.36 bits per heavy atom. The van der Waals surface area contributed by atoms with Crippen LogP contribution in [0.2, 0.25) is 0 Å². The fourth-order valence-corrected chi connectivity index (χ4v) is 2.56. The topological polar surface area (TPSA) is 59.8 Å². The van der Waals surface area contributed by atoms with Crippen LogP contribution < -0.4 is 0 Å². The maximum absolute atomic E-state index is 13.2. The Hall–Kier alpha value is -2.16. The summed E-state index contributed by atoms with van der Waals surface area (Å²) in [5.41, 5.74) is 0.654. The highest BCUT2D eigenvalue weighted by Crippen LogP contribution is 2.12. The predicted molar refractivity (Wildman–Crippen MR) is 98.9 cm³/mol. The molecular formula is C18H17FINO4. The molecule has 1 amide bonds. The molecule has 0 bridgehead atoms. The third-order valence-corrected chi connectivity index (χ3v) is 3.88. The van der Waals surface area contributed by atoms with E-state index in [0.29, 0.717) is 15.1 Å². The third-order valence-electron chi connectivity index (χ3n) is 3.30. The second-order valence-electron chi connectivity index (χ2n) is 5.38. The van der Waals surface area contributed by atoms with E-state index in [1.165, 1.54) is 36.1 Å². The Morgan fingerprint density at radius 2 is 2.12 bits per heavy atom. The van der Waals surface area contributed by atoms with E-state index in [9.17, 15) is 14.0 Å². The van der Waals surface area contributed by atoms with Gasteiger partial charge in [0.2, 0.25) is 0 Å². The number of likely N-dealkylation sites (N-methyl/N-ethyl adjacent to an activating group) is 1. The number of rotatable bonds is 6. The molecule has 1 atom stereocenters. The zero-order valence-electron chi connectivity index (χ0n) is 13.7. The maximum atomic E-state index is 13.2. The van der Waals surface area contributed by atoms with Crippen molar-refractivity contribution in [3.63, 3.8) is 0 Å². The highest BCUT2D eigenvalue weighted by Gasteiger charge is 2.20. The molecule has 132 valence electrons. The average molecular weight is 457 g/mol. The second-order valence-corrected chi connectivity index (χ2v) is 6.44. The molecule has 5 nitrogen and oxygen atoms in total. The zero-order chi connectivity index (χ0) is 18.4. The summed E-state index contributed by atoms with van der Waals surface area (Å²) in [6.45, 7) is 1.71. The van der Waals surface area contributed by atoms with Crippen molar-refractivity contribution < 1.29 is 23.1 Å². The minimum Gasteiger partial charge on any atom is -0.451 e. The number of halogens is 2. The Morgan fingerprint density at radius 3 is 2.76 bits per heavy atom. The van der Waals surface area contributed by atoms with Crippen molar-refractivity contribution in [1.29, 1.82) is 0 Å². The Bertz CT molecular complexity index is 787. The molecule has 0 radical (unpaired) electrons. The van der Waals surface area contributed by atoms with Crippen molar-refractivity contribution in [2.75, 3.05) is 7.05 Å². The molecule has 1 unspecified atom stereocenters. The van der Waals surface area contributed by atoms with Gasteiger partial charge in [-0.2, -0.15) is 0 Å². The van der Waals surface area contributed by atoms with Crippen LogP contribution in [0, 0.1) is 9.58 Å². The molecule has 0 N–H and O–H groups in total. The first-order chi connectivity index (χ1) is 11.8. The lowest BCUT2D eigenvalue weighted by atomic mass is 10.2. The Balaban J connectivity index is 1.88. The number of esters is 1. The van der Waals surface area contributed by atoms with Crippen molar-refractivity contribution in [3.8, 4) is 0 Å². The Kier molecular flexibility index (Phi) is 6.74. The first-order valence-corrected chi connectivity index (χ1v) is 8.56. The summed E-state index contributed by atoms with van der Waals surface area (Å²) in [5.74, 6) is -0.871. The summed E-state index contributed by atoms with van der Waals surface area (Å²) in [4.78, 5) is 25.4. The average Bonchev–Trinajstić information content (AvgIpc) is 2.97. The molecule has 0 saturated carbocycles. The largest absolute Gasteiger partial charge is 0.451 e. The number of amides is 1. The standard InChI is InChI=1S/C18H17FINO4/c1-12(24-17(22)9-7-15-6-8-16(20)25-15)18(23)21(2)11-13-4-3-5-14(19)10-13/h3-10,12H,11H2,1-2H3/b9-7+. The molecular weight excluding hydrogens is 440 g/mol. The van der Waals surface area contributed by atoms with Gasteiger partial charge in [-0.15, -0.1) is 0 Å². The van der Waals surface area contributed by atoms with Gasteiger partial charge >= 0.3 is 5.97 Å². The number of hydrogen-bond donors (Lipinski definition) is 0. The van der Waals surface area contributed by atoms with Crippen molar-refractivity contribution >= 4 is 40.5 Å². The van der Waals surface area contributed by atoms with E-state index >= 15 is 0 Å². The van der Waals surface area contributed by atoms with Crippen molar-refractivity contribution in [3.05, 3.63) is 63.4 Å². The minimum atomic E-state index is -0.951. The quantitative estimate of drug-likeness (QED) is 0.378.